The highest BCUT2D eigenvalue weighted by Gasteiger charge is 2.13. The fourth-order valence-electron chi connectivity index (χ4n) is 1.85. The zero-order chi connectivity index (χ0) is 13.4. The van der Waals surface area contributed by atoms with Gasteiger partial charge in [-0.15, -0.1) is 0 Å². The van der Waals surface area contributed by atoms with Crippen LogP contribution in [-0.2, 0) is 4.79 Å². The number of alkyl halides is 1. The summed E-state index contributed by atoms with van der Waals surface area (Å²) in [5.41, 5.74) is 1.12. The number of carbonyl (C=O) groups excluding carboxylic acids is 1. The first-order valence-corrected chi connectivity index (χ1v) is 7.78. The van der Waals surface area contributed by atoms with Gasteiger partial charge in [0.1, 0.15) is 0 Å². The van der Waals surface area contributed by atoms with Gasteiger partial charge in [-0.3, -0.25) is 4.79 Å². The summed E-state index contributed by atoms with van der Waals surface area (Å²) in [6.45, 7) is 2.17. The zero-order valence-electron chi connectivity index (χ0n) is 10.6. The smallest absolute Gasteiger partial charge is 0.231 e. The van der Waals surface area contributed by atoms with Gasteiger partial charge in [0.2, 0.25) is 5.91 Å². The van der Waals surface area contributed by atoms with Gasteiger partial charge in [0.15, 0.2) is 0 Å². The Balaban J connectivity index is 2.69. The van der Waals surface area contributed by atoms with E-state index in [0.717, 1.165) is 23.4 Å². The highest BCUT2D eigenvalue weighted by molar-refractivity contribution is 9.09. The molecule has 0 saturated carbocycles. The maximum atomic E-state index is 11.5. The molecule has 1 N–H and O–H groups in total. The number of carbonyl (C=O) groups is 1. The van der Waals surface area contributed by atoms with Crippen molar-refractivity contribution in [3.63, 3.8) is 0 Å². The summed E-state index contributed by atoms with van der Waals surface area (Å²) >= 11 is 9.06. The van der Waals surface area contributed by atoms with E-state index in [-0.39, 0.29) is 11.9 Å². The predicted octanol–water partition coefficient (Wildman–Crippen LogP) is 4.47. The maximum Gasteiger partial charge on any atom is 0.231 e. The Bertz CT molecular complexity index is 367. The fraction of sp³-hybridized carbons (Fsp3) is 0.500. The van der Waals surface area contributed by atoms with E-state index in [1.165, 1.54) is 12.8 Å². The van der Waals surface area contributed by atoms with Crippen LogP contribution in [0.1, 0.15) is 44.2 Å². The standard InChI is InChI=1S/C14H19BrClNO/c1-2-3-4-5-13(17-14(18)10-15)11-6-8-12(16)9-7-11/h6-9,13H,2-5,10H2,1H3,(H,17,18). The summed E-state index contributed by atoms with van der Waals surface area (Å²) in [5.74, 6) is 0.0199. The van der Waals surface area contributed by atoms with E-state index in [1.807, 2.05) is 24.3 Å². The maximum absolute atomic E-state index is 11.5. The third-order valence-corrected chi connectivity index (χ3v) is 3.59. The Hall–Kier alpha value is -0.540. The lowest BCUT2D eigenvalue weighted by molar-refractivity contribution is -0.119. The molecule has 1 atom stereocenters. The van der Waals surface area contributed by atoms with Crippen molar-refractivity contribution in [1.29, 1.82) is 0 Å². The van der Waals surface area contributed by atoms with Crippen molar-refractivity contribution in [2.24, 2.45) is 0 Å². The van der Waals surface area contributed by atoms with Crippen LogP contribution >= 0.6 is 27.5 Å². The van der Waals surface area contributed by atoms with Gasteiger partial charge >= 0.3 is 0 Å². The molecule has 0 aliphatic heterocycles. The highest BCUT2D eigenvalue weighted by atomic mass is 79.9. The highest BCUT2D eigenvalue weighted by Crippen LogP contribution is 2.22. The van der Waals surface area contributed by atoms with E-state index >= 15 is 0 Å². The second-order valence-corrected chi connectivity index (χ2v) is 5.30. The summed E-state index contributed by atoms with van der Waals surface area (Å²) in [7, 11) is 0. The van der Waals surface area contributed by atoms with Gasteiger partial charge in [-0.05, 0) is 24.1 Å². The Kier molecular flexibility index (Phi) is 7.36. The van der Waals surface area contributed by atoms with Gasteiger partial charge in [-0.1, -0.05) is 65.8 Å². The molecule has 18 heavy (non-hydrogen) atoms. The van der Waals surface area contributed by atoms with Gasteiger partial charge < -0.3 is 5.32 Å². The predicted molar refractivity (Wildman–Crippen MR) is 80.3 cm³/mol. The van der Waals surface area contributed by atoms with Crippen molar-refractivity contribution in [2.45, 2.75) is 38.6 Å². The van der Waals surface area contributed by atoms with E-state index in [9.17, 15) is 4.79 Å². The van der Waals surface area contributed by atoms with E-state index in [1.54, 1.807) is 0 Å². The first-order valence-electron chi connectivity index (χ1n) is 6.28. The molecule has 0 aliphatic carbocycles. The summed E-state index contributed by atoms with van der Waals surface area (Å²) < 4.78 is 0. The molecule has 0 heterocycles. The summed E-state index contributed by atoms with van der Waals surface area (Å²) in [5, 5.41) is 4.09. The van der Waals surface area contributed by atoms with Gasteiger partial charge in [0.05, 0.1) is 11.4 Å². The molecule has 0 radical (unpaired) electrons. The molecule has 0 aromatic heterocycles. The lowest BCUT2D eigenvalue weighted by Crippen LogP contribution is -2.29. The van der Waals surface area contributed by atoms with Gasteiger partial charge in [0, 0.05) is 5.02 Å². The second-order valence-electron chi connectivity index (χ2n) is 4.30. The first kappa shape index (κ1) is 15.5. The number of nitrogens with one attached hydrogen (secondary N) is 1. The third-order valence-electron chi connectivity index (χ3n) is 2.83. The van der Waals surface area contributed by atoms with Crippen LogP contribution in [0.2, 0.25) is 5.02 Å². The zero-order valence-corrected chi connectivity index (χ0v) is 12.9. The van der Waals surface area contributed by atoms with Crippen LogP contribution in [0.15, 0.2) is 24.3 Å². The molecule has 1 aromatic carbocycles. The van der Waals surface area contributed by atoms with Crippen LogP contribution < -0.4 is 5.32 Å². The lowest BCUT2D eigenvalue weighted by Gasteiger charge is -2.18. The Morgan fingerprint density at radius 1 is 1.33 bits per heavy atom. The quantitative estimate of drug-likeness (QED) is 0.579. The molecule has 4 heteroatoms. The molecule has 100 valence electrons. The fourth-order valence-corrected chi connectivity index (χ4v) is 2.14. The van der Waals surface area contributed by atoms with Crippen molar-refractivity contribution in [3.05, 3.63) is 34.9 Å². The lowest BCUT2D eigenvalue weighted by atomic mass is 10.0. The molecule has 0 aliphatic rings. The van der Waals surface area contributed by atoms with E-state index in [0.29, 0.717) is 5.33 Å². The third kappa shape index (κ3) is 5.40. The molecule has 1 rings (SSSR count). The van der Waals surface area contributed by atoms with Crippen molar-refractivity contribution in [3.8, 4) is 0 Å². The van der Waals surface area contributed by atoms with Crippen molar-refractivity contribution >= 4 is 33.4 Å². The van der Waals surface area contributed by atoms with Gasteiger partial charge in [-0.2, -0.15) is 0 Å². The minimum Gasteiger partial charge on any atom is -0.349 e. The van der Waals surface area contributed by atoms with Gasteiger partial charge in [-0.25, -0.2) is 0 Å². The summed E-state index contributed by atoms with van der Waals surface area (Å²) in [4.78, 5) is 11.5. The molecule has 0 saturated heterocycles. The summed E-state index contributed by atoms with van der Waals surface area (Å²) in [6, 6.07) is 7.77. The topological polar surface area (TPSA) is 29.1 Å². The molecular formula is C14H19BrClNO. The van der Waals surface area contributed by atoms with Crippen molar-refractivity contribution < 1.29 is 4.79 Å². The minimum atomic E-state index is 0.0199. The molecule has 1 unspecified atom stereocenters. The van der Waals surface area contributed by atoms with Crippen molar-refractivity contribution in [2.75, 3.05) is 5.33 Å². The largest absolute Gasteiger partial charge is 0.349 e. The van der Waals surface area contributed by atoms with Crippen LogP contribution in [0.4, 0.5) is 0 Å². The SMILES string of the molecule is CCCCCC(NC(=O)CBr)c1ccc(Cl)cc1. The number of rotatable bonds is 7. The second kappa shape index (κ2) is 8.54. The van der Waals surface area contributed by atoms with E-state index in [2.05, 4.69) is 28.2 Å². The number of halogens is 2. The summed E-state index contributed by atoms with van der Waals surface area (Å²) in [6.07, 6.45) is 4.45. The number of hydrogen-bond donors (Lipinski definition) is 1. The number of hydrogen-bond acceptors (Lipinski definition) is 1. The van der Waals surface area contributed by atoms with Crippen molar-refractivity contribution in [1.82, 2.24) is 5.32 Å². The minimum absolute atomic E-state index is 0.0199. The number of amides is 1. The van der Waals surface area contributed by atoms with E-state index in [4.69, 9.17) is 11.6 Å². The van der Waals surface area contributed by atoms with Crippen LogP contribution in [0.25, 0.3) is 0 Å². The molecule has 1 amide bonds. The van der Waals surface area contributed by atoms with E-state index < -0.39 is 0 Å². The Morgan fingerprint density at radius 3 is 2.56 bits per heavy atom. The number of benzene rings is 1. The molecule has 1 aromatic rings. The van der Waals surface area contributed by atoms with Crippen LogP contribution in [0.3, 0.4) is 0 Å². The van der Waals surface area contributed by atoms with Crippen LogP contribution in [0, 0.1) is 0 Å². The Labute approximate surface area is 122 Å². The number of unbranched alkanes of at least 4 members (excludes halogenated alkanes) is 2. The first-order chi connectivity index (χ1) is 8.67. The molecule has 0 fully saturated rings. The monoisotopic (exact) mass is 331 g/mol. The molecule has 0 spiro atoms. The normalized spacial score (nSPS) is 12.2. The average molecular weight is 333 g/mol. The Morgan fingerprint density at radius 2 is 2.00 bits per heavy atom. The molecule has 2 nitrogen and oxygen atoms in total. The van der Waals surface area contributed by atoms with Gasteiger partial charge in [0.25, 0.3) is 0 Å². The average Bonchev–Trinajstić information content (AvgIpc) is 2.38. The van der Waals surface area contributed by atoms with Crippen LogP contribution in [0.5, 0.6) is 0 Å². The molecular weight excluding hydrogens is 314 g/mol. The van der Waals surface area contributed by atoms with Crippen LogP contribution in [-0.4, -0.2) is 11.2 Å². The molecule has 0 bridgehead atoms.